The van der Waals surface area contributed by atoms with Crippen molar-refractivity contribution >= 4 is 15.9 Å². The summed E-state index contributed by atoms with van der Waals surface area (Å²) >= 11 is 3.21. The quantitative estimate of drug-likeness (QED) is 0.762. The van der Waals surface area contributed by atoms with Gasteiger partial charge in [0.15, 0.2) is 0 Å². The lowest BCUT2D eigenvalue weighted by molar-refractivity contribution is 0.0683. The second-order valence-electron chi connectivity index (χ2n) is 2.37. The molecule has 0 amide bonds. The number of nitrogens with zero attached hydrogens (tertiary/aromatic N) is 2. The summed E-state index contributed by atoms with van der Waals surface area (Å²) in [5.41, 5.74) is 0. The van der Waals surface area contributed by atoms with E-state index in [4.69, 9.17) is 14.6 Å². The predicted octanol–water partition coefficient (Wildman–Crippen LogP) is 0.627. The van der Waals surface area contributed by atoms with E-state index in [-0.39, 0.29) is 6.61 Å². The van der Waals surface area contributed by atoms with Gasteiger partial charge in [0.25, 0.3) is 0 Å². The van der Waals surface area contributed by atoms with Crippen molar-refractivity contribution in [2.24, 2.45) is 0 Å². The Morgan fingerprint density at radius 3 is 2.57 bits per heavy atom. The van der Waals surface area contributed by atoms with E-state index in [0.717, 1.165) is 4.47 Å². The molecule has 0 aliphatic rings. The zero-order valence-electron chi connectivity index (χ0n) is 7.52. The number of aromatic nitrogens is 2. The summed E-state index contributed by atoms with van der Waals surface area (Å²) in [5.74, 6) is 0. The molecule has 1 aromatic rings. The summed E-state index contributed by atoms with van der Waals surface area (Å²) in [6.07, 6.45) is 3.22. The highest BCUT2D eigenvalue weighted by molar-refractivity contribution is 9.10. The Kier molecular flexibility index (Phi) is 5.43. The number of halogens is 1. The van der Waals surface area contributed by atoms with Gasteiger partial charge in [-0.3, -0.25) is 0 Å². The minimum absolute atomic E-state index is 0.0226. The summed E-state index contributed by atoms with van der Waals surface area (Å²) in [5, 5.41) is 8.42. The first kappa shape index (κ1) is 11.4. The number of aliphatic hydroxyl groups is 1. The molecule has 0 radical (unpaired) electrons. The summed E-state index contributed by atoms with van der Waals surface area (Å²) in [7, 11) is 0. The van der Waals surface area contributed by atoms with Crippen LogP contribution in [0.3, 0.4) is 0 Å². The number of hydrogen-bond donors (Lipinski definition) is 1. The number of aliphatic hydroxyl groups excluding tert-OH is 1. The monoisotopic (exact) mass is 262 g/mol. The van der Waals surface area contributed by atoms with Crippen molar-refractivity contribution in [1.82, 2.24) is 9.97 Å². The largest absolute Gasteiger partial charge is 0.461 e. The van der Waals surface area contributed by atoms with Crippen LogP contribution in [0.1, 0.15) is 0 Å². The lowest BCUT2D eigenvalue weighted by Gasteiger charge is -2.03. The van der Waals surface area contributed by atoms with Crippen molar-refractivity contribution in [1.29, 1.82) is 0 Å². The van der Waals surface area contributed by atoms with Crippen molar-refractivity contribution in [2.45, 2.75) is 0 Å². The van der Waals surface area contributed by atoms with Gasteiger partial charge in [0.2, 0.25) is 0 Å². The maximum atomic E-state index is 8.42. The van der Waals surface area contributed by atoms with Crippen LogP contribution in [0.15, 0.2) is 16.9 Å². The molecule has 5 nitrogen and oxygen atoms in total. The van der Waals surface area contributed by atoms with Crippen molar-refractivity contribution in [3.05, 3.63) is 16.9 Å². The Hall–Kier alpha value is -0.720. The average molecular weight is 263 g/mol. The molecule has 0 spiro atoms. The van der Waals surface area contributed by atoms with Crippen molar-refractivity contribution < 1.29 is 14.6 Å². The molecule has 0 aromatic carbocycles. The van der Waals surface area contributed by atoms with E-state index in [1.165, 1.54) is 0 Å². The van der Waals surface area contributed by atoms with Gasteiger partial charge in [0, 0.05) is 12.4 Å². The van der Waals surface area contributed by atoms with Gasteiger partial charge in [-0.25, -0.2) is 9.97 Å². The Morgan fingerprint density at radius 1 is 1.21 bits per heavy atom. The molecular formula is C8H11BrN2O3. The van der Waals surface area contributed by atoms with Crippen LogP contribution in [-0.4, -0.2) is 41.5 Å². The zero-order chi connectivity index (χ0) is 10.2. The minimum Gasteiger partial charge on any atom is -0.461 e. The lowest BCUT2D eigenvalue weighted by Crippen LogP contribution is -2.10. The summed E-state index contributed by atoms with van der Waals surface area (Å²) in [6.45, 7) is 1.14. The fraction of sp³-hybridized carbons (Fsp3) is 0.500. The Morgan fingerprint density at radius 2 is 1.93 bits per heavy atom. The fourth-order valence-electron chi connectivity index (χ4n) is 0.733. The van der Waals surface area contributed by atoms with Crippen molar-refractivity contribution in [2.75, 3.05) is 26.4 Å². The van der Waals surface area contributed by atoms with E-state index in [2.05, 4.69) is 25.9 Å². The number of ether oxygens (including phenoxy) is 2. The van der Waals surface area contributed by atoms with Crippen LogP contribution in [0, 0.1) is 0 Å². The minimum atomic E-state index is 0.0226. The number of rotatable bonds is 6. The van der Waals surface area contributed by atoms with Gasteiger partial charge in [-0.05, 0) is 15.9 Å². The smallest absolute Gasteiger partial charge is 0.316 e. The first-order chi connectivity index (χ1) is 6.83. The van der Waals surface area contributed by atoms with Crippen LogP contribution < -0.4 is 4.74 Å². The zero-order valence-corrected chi connectivity index (χ0v) is 9.11. The second kappa shape index (κ2) is 6.69. The highest BCUT2D eigenvalue weighted by atomic mass is 79.9. The highest BCUT2D eigenvalue weighted by Crippen LogP contribution is 2.07. The van der Waals surface area contributed by atoms with E-state index < -0.39 is 0 Å². The first-order valence-electron chi connectivity index (χ1n) is 4.12. The molecule has 78 valence electrons. The van der Waals surface area contributed by atoms with Crippen LogP contribution in [0.25, 0.3) is 0 Å². The maximum Gasteiger partial charge on any atom is 0.316 e. The molecule has 0 atom stereocenters. The van der Waals surface area contributed by atoms with Crippen LogP contribution in [0.2, 0.25) is 0 Å². The molecule has 0 aliphatic heterocycles. The summed E-state index contributed by atoms with van der Waals surface area (Å²) < 4.78 is 11.0. The molecule has 6 heteroatoms. The van der Waals surface area contributed by atoms with Crippen LogP contribution in [0.4, 0.5) is 0 Å². The van der Waals surface area contributed by atoms with Gasteiger partial charge in [0.05, 0.1) is 24.3 Å². The molecule has 0 saturated carbocycles. The third kappa shape index (κ3) is 4.50. The van der Waals surface area contributed by atoms with Gasteiger partial charge in [0.1, 0.15) is 6.61 Å². The molecule has 1 N–H and O–H groups in total. The topological polar surface area (TPSA) is 64.5 Å². The third-order valence-electron chi connectivity index (χ3n) is 1.29. The fourth-order valence-corrected chi connectivity index (χ4v) is 0.938. The van der Waals surface area contributed by atoms with Gasteiger partial charge in [-0.2, -0.15) is 0 Å². The van der Waals surface area contributed by atoms with E-state index >= 15 is 0 Å². The van der Waals surface area contributed by atoms with Gasteiger partial charge < -0.3 is 14.6 Å². The van der Waals surface area contributed by atoms with Gasteiger partial charge in [-0.15, -0.1) is 0 Å². The molecule has 0 fully saturated rings. The molecule has 14 heavy (non-hydrogen) atoms. The molecule has 1 rings (SSSR count). The Bertz CT molecular complexity index is 255. The first-order valence-corrected chi connectivity index (χ1v) is 4.91. The van der Waals surface area contributed by atoms with Crippen molar-refractivity contribution in [3.63, 3.8) is 0 Å². The maximum absolute atomic E-state index is 8.42. The molecule has 0 bridgehead atoms. The third-order valence-corrected chi connectivity index (χ3v) is 1.70. The molecule has 0 saturated heterocycles. The van der Waals surface area contributed by atoms with Gasteiger partial charge >= 0.3 is 6.01 Å². The molecule has 0 aliphatic carbocycles. The average Bonchev–Trinajstić information content (AvgIpc) is 2.21. The molecule has 1 heterocycles. The van der Waals surface area contributed by atoms with Gasteiger partial charge in [-0.1, -0.05) is 0 Å². The molecular weight excluding hydrogens is 252 g/mol. The molecule has 1 aromatic heterocycles. The normalized spacial score (nSPS) is 10.1. The van der Waals surface area contributed by atoms with E-state index in [9.17, 15) is 0 Å². The highest BCUT2D eigenvalue weighted by Gasteiger charge is 1.96. The van der Waals surface area contributed by atoms with Crippen molar-refractivity contribution in [3.8, 4) is 6.01 Å². The second-order valence-corrected chi connectivity index (χ2v) is 3.28. The molecule has 0 unspecified atom stereocenters. The Labute approximate surface area is 90.2 Å². The standard InChI is InChI=1S/C8H11BrN2O3/c9-7-5-10-8(11-6-7)14-4-3-13-2-1-12/h5-6,12H,1-4H2. The van der Waals surface area contributed by atoms with Crippen LogP contribution >= 0.6 is 15.9 Å². The summed E-state index contributed by atoms with van der Waals surface area (Å²) in [6, 6.07) is 0.320. The lowest BCUT2D eigenvalue weighted by atomic mass is 10.7. The van der Waals surface area contributed by atoms with E-state index in [1.54, 1.807) is 12.4 Å². The summed E-state index contributed by atoms with van der Waals surface area (Å²) in [4.78, 5) is 7.82. The predicted molar refractivity (Wildman–Crippen MR) is 53.1 cm³/mol. The van der Waals surface area contributed by atoms with Crippen LogP contribution in [0.5, 0.6) is 6.01 Å². The SMILES string of the molecule is OCCOCCOc1ncc(Br)cn1. The van der Waals surface area contributed by atoms with Crippen LogP contribution in [-0.2, 0) is 4.74 Å². The van der Waals surface area contributed by atoms with E-state index in [0.29, 0.717) is 25.8 Å². The number of hydrogen-bond acceptors (Lipinski definition) is 5. The van der Waals surface area contributed by atoms with E-state index in [1.807, 2.05) is 0 Å². The Balaban J connectivity index is 2.15.